The second-order valence-electron chi connectivity index (χ2n) is 8.96. The van der Waals surface area contributed by atoms with Gasteiger partial charge >= 0.3 is 6.03 Å². The van der Waals surface area contributed by atoms with Crippen LogP contribution in [0.5, 0.6) is 11.5 Å². The minimum absolute atomic E-state index is 0.0712. The number of benzene rings is 2. The normalized spacial score (nSPS) is 15.1. The van der Waals surface area contributed by atoms with Crippen molar-refractivity contribution in [1.82, 2.24) is 14.3 Å². The molecule has 2 aromatic heterocycles. The zero-order valence-corrected chi connectivity index (χ0v) is 21.9. The zero-order valence-electron chi connectivity index (χ0n) is 21.1. The Hall–Kier alpha value is -3.70. The van der Waals surface area contributed by atoms with Crippen molar-refractivity contribution in [3.05, 3.63) is 65.3 Å². The number of thiazole rings is 1. The van der Waals surface area contributed by atoms with Crippen LogP contribution in [0.4, 0.5) is 19.3 Å². The van der Waals surface area contributed by atoms with Crippen LogP contribution in [0.3, 0.4) is 0 Å². The van der Waals surface area contributed by atoms with Gasteiger partial charge in [-0.05, 0) is 43.2 Å². The van der Waals surface area contributed by atoms with Gasteiger partial charge in [-0.15, -0.1) is 11.3 Å². The first kappa shape index (κ1) is 25.9. The van der Waals surface area contributed by atoms with Crippen LogP contribution in [-0.4, -0.2) is 60.3 Å². The van der Waals surface area contributed by atoms with Gasteiger partial charge in [0.25, 0.3) is 0 Å². The van der Waals surface area contributed by atoms with Gasteiger partial charge in [0.1, 0.15) is 23.1 Å². The first-order valence-corrected chi connectivity index (χ1v) is 13.1. The number of carbonyl (C=O) groups is 1. The van der Waals surface area contributed by atoms with E-state index in [1.54, 1.807) is 19.1 Å². The highest BCUT2D eigenvalue weighted by Gasteiger charge is 2.24. The first-order chi connectivity index (χ1) is 18.4. The smallest absolute Gasteiger partial charge is 0.322 e. The molecule has 0 saturated carbocycles. The number of amides is 2. The van der Waals surface area contributed by atoms with Crippen LogP contribution >= 0.6 is 11.3 Å². The lowest BCUT2D eigenvalue weighted by Crippen LogP contribution is -2.41. The molecular formula is C27H28F2N4O4S. The van der Waals surface area contributed by atoms with Crippen LogP contribution in [0.25, 0.3) is 16.2 Å². The molecule has 0 aliphatic carbocycles. The fraction of sp³-hybridized carbons (Fsp3) is 0.333. The molecule has 0 bridgehead atoms. The van der Waals surface area contributed by atoms with Gasteiger partial charge in [-0.1, -0.05) is 0 Å². The van der Waals surface area contributed by atoms with E-state index in [2.05, 4.69) is 5.32 Å². The van der Waals surface area contributed by atoms with Crippen LogP contribution in [0.1, 0.15) is 18.5 Å². The quantitative estimate of drug-likeness (QED) is 0.297. The Labute approximate surface area is 222 Å². The standard InChI is InChI=1S/C27H28F2N4O4S/c1-35-19-6-8-25(36-2)21(13-19)24-15-33-18(16-38-27(33)31-24)9-10-32(14-20-4-3-11-37-20)26(34)30-23-7-5-17(28)12-22(23)29/h5-8,12-13,15-16,20H,3-4,9-11,14H2,1-2H3,(H,30,34). The van der Waals surface area contributed by atoms with Crippen molar-refractivity contribution < 1.29 is 27.8 Å². The highest BCUT2D eigenvalue weighted by molar-refractivity contribution is 7.15. The van der Waals surface area contributed by atoms with E-state index >= 15 is 0 Å². The van der Waals surface area contributed by atoms with Gasteiger partial charge in [-0.2, -0.15) is 0 Å². The Morgan fingerprint density at radius 2 is 2.11 bits per heavy atom. The van der Waals surface area contributed by atoms with Gasteiger partial charge in [0.15, 0.2) is 4.96 Å². The number of nitrogens with zero attached hydrogens (tertiary/aromatic N) is 3. The molecule has 1 N–H and O–H groups in total. The fourth-order valence-electron chi connectivity index (χ4n) is 4.50. The number of hydrogen-bond donors (Lipinski definition) is 1. The molecule has 0 radical (unpaired) electrons. The van der Waals surface area contributed by atoms with Crippen LogP contribution in [0, 0.1) is 11.6 Å². The van der Waals surface area contributed by atoms with Crippen LogP contribution in [0.2, 0.25) is 0 Å². The van der Waals surface area contributed by atoms with E-state index in [9.17, 15) is 13.6 Å². The van der Waals surface area contributed by atoms with Gasteiger partial charge in [-0.25, -0.2) is 18.6 Å². The third kappa shape index (κ3) is 5.58. The summed E-state index contributed by atoms with van der Waals surface area (Å²) >= 11 is 1.50. The molecule has 2 amide bonds. The Kier molecular flexibility index (Phi) is 7.75. The van der Waals surface area contributed by atoms with E-state index in [0.717, 1.165) is 46.9 Å². The Balaban J connectivity index is 1.35. The van der Waals surface area contributed by atoms with Crippen LogP contribution in [0.15, 0.2) is 48.0 Å². The van der Waals surface area contributed by atoms with E-state index < -0.39 is 17.7 Å². The molecule has 4 aromatic rings. The van der Waals surface area contributed by atoms with Crippen molar-refractivity contribution in [2.45, 2.75) is 25.4 Å². The lowest BCUT2D eigenvalue weighted by molar-refractivity contribution is 0.0838. The summed E-state index contributed by atoms with van der Waals surface area (Å²) in [7, 11) is 3.22. The lowest BCUT2D eigenvalue weighted by Gasteiger charge is -2.26. The number of anilines is 1. The van der Waals surface area contributed by atoms with E-state index in [1.807, 2.05) is 34.2 Å². The molecule has 2 aromatic carbocycles. The number of hydrogen-bond acceptors (Lipinski definition) is 6. The molecule has 1 atom stereocenters. The summed E-state index contributed by atoms with van der Waals surface area (Å²) in [4.78, 5) is 20.3. The number of methoxy groups -OCH3 is 2. The summed E-state index contributed by atoms with van der Waals surface area (Å²) in [5.41, 5.74) is 2.46. The van der Waals surface area contributed by atoms with Gasteiger partial charge < -0.3 is 24.4 Å². The molecule has 1 saturated heterocycles. The zero-order chi connectivity index (χ0) is 26.6. The fourth-order valence-corrected chi connectivity index (χ4v) is 5.40. The predicted molar refractivity (Wildman–Crippen MR) is 141 cm³/mol. The average molecular weight is 543 g/mol. The van der Waals surface area contributed by atoms with Crippen LogP contribution in [-0.2, 0) is 11.2 Å². The molecule has 5 rings (SSSR count). The monoisotopic (exact) mass is 542 g/mol. The summed E-state index contributed by atoms with van der Waals surface area (Å²) in [6.07, 6.45) is 4.18. The maximum absolute atomic E-state index is 14.2. The summed E-state index contributed by atoms with van der Waals surface area (Å²) in [6.45, 7) is 1.40. The third-order valence-corrected chi connectivity index (χ3v) is 7.40. The van der Waals surface area contributed by atoms with Crippen molar-refractivity contribution in [3.8, 4) is 22.8 Å². The molecule has 8 nitrogen and oxygen atoms in total. The van der Waals surface area contributed by atoms with E-state index in [0.29, 0.717) is 37.6 Å². The summed E-state index contributed by atoms with van der Waals surface area (Å²) in [6, 6.07) is 8.16. The average Bonchev–Trinajstić information content (AvgIpc) is 3.66. The Bertz CT molecular complexity index is 1430. The molecule has 200 valence electrons. The van der Waals surface area contributed by atoms with E-state index in [1.165, 1.54) is 17.4 Å². The molecule has 1 unspecified atom stereocenters. The molecule has 3 heterocycles. The summed E-state index contributed by atoms with van der Waals surface area (Å²) in [5, 5.41) is 4.59. The number of aromatic nitrogens is 2. The molecule has 1 fully saturated rings. The second-order valence-corrected chi connectivity index (χ2v) is 9.79. The number of rotatable bonds is 9. The Morgan fingerprint density at radius 3 is 2.84 bits per heavy atom. The van der Waals surface area contributed by atoms with Crippen molar-refractivity contribution >= 4 is 28.0 Å². The highest BCUT2D eigenvalue weighted by atomic mass is 32.1. The van der Waals surface area contributed by atoms with Gasteiger partial charge in [-0.3, -0.25) is 4.40 Å². The maximum atomic E-state index is 14.2. The lowest BCUT2D eigenvalue weighted by atomic mass is 10.1. The highest BCUT2D eigenvalue weighted by Crippen LogP contribution is 2.34. The molecule has 1 aliphatic heterocycles. The van der Waals surface area contributed by atoms with E-state index in [4.69, 9.17) is 19.2 Å². The minimum Gasteiger partial charge on any atom is -0.497 e. The largest absolute Gasteiger partial charge is 0.497 e. The minimum atomic E-state index is -0.825. The molecule has 1 aliphatic rings. The Morgan fingerprint density at radius 1 is 1.24 bits per heavy atom. The second kappa shape index (κ2) is 11.4. The number of nitrogens with one attached hydrogen (secondary N) is 1. The van der Waals surface area contributed by atoms with Gasteiger partial charge in [0, 0.05) is 55.0 Å². The molecule has 38 heavy (non-hydrogen) atoms. The predicted octanol–water partition coefficient (Wildman–Crippen LogP) is 5.61. The molecule has 0 spiro atoms. The van der Waals surface area contributed by atoms with Gasteiger partial charge in [0.05, 0.1) is 31.7 Å². The van der Waals surface area contributed by atoms with Crippen molar-refractivity contribution in [2.24, 2.45) is 0 Å². The van der Waals surface area contributed by atoms with Crippen molar-refractivity contribution in [1.29, 1.82) is 0 Å². The molecular weight excluding hydrogens is 514 g/mol. The third-order valence-electron chi connectivity index (χ3n) is 6.51. The van der Waals surface area contributed by atoms with Gasteiger partial charge in [0.2, 0.25) is 0 Å². The topological polar surface area (TPSA) is 77.3 Å². The maximum Gasteiger partial charge on any atom is 0.322 e. The number of imidazole rings is 1. The molecule has 11 heteroatoms. The number of urea groups is 1. The van der Waals surface area contributed by atoms with Crippen molar-refractivity contribution in [3.63, 3.8) is 0 Å². The first-order valence-electron chi connectivity index (χ1n) is 12.3. The number of carbonyl (C=O) groups excluding carboxylic acids is 1. The summed E-state index contributed by atoms with van der Waals surface area (Å²) < 4.78 is 46.1. The van der Waals surface area contributed by atoms with E-state index in [-0.39, 0.29) is 11.8 Å². The number of fused-ring (bicyclic) bond motifs is 1. The number of halogens is 2. The van der Waals surface area contributed by atoms with Crippen LogP contribution < -0.4 is 14.8 Å². The summed E-state index contributed by atoms with van der Waals surface area (Å²) in [5.74, 6) is -0.144. The van der Waals surface area contributed by atoms with Crippen molar-refractivity contribution in [2.75, 3.05) is 39.2 Å². The SMILES string of the molecule is COc1ccc(OC)c(-c2cn3c(CCN(CC4CCCO4)C(=O)Nc4ccc(F)cc4F)csc3n2)c1. The number of ether oxygens (including phenoxy) is 3.